The second-order valence-electron chi connectivity index (χ2n) is 6.74. The molecule has 2 rings (SSSR count). The first-order chi connectivity index (χ1) is 13.3. The highest BCUT2D eigenvalue weighted by molar-refractivity contribution is 6.22. The van der Waals surface area contributed by atoms with Crippen molar-refractivity contribution in [3.63, 3.8) is 0 Å². The summed E-state index contributed by atoms with van der Waals surface area (Å²) in [4.78, 5) is 48.4. The van der Waals surface area contributed by atoms with E-state index < -0.39 is 17.8 Å². The van der Waals surface area contributed by atoms with Crippen LogP contribution in [-0.2, 0) is 9.59 Å². The van der Waals surface area contributed by atoms with Crippen LogP contribution in [0.15, 0.2) is 12.1 Å². The van der Waals surface area contributed by atoms with Crippen LogP contribution in [0.3, 0.4) is 0 Å². The van der Waals surface area contributed by atoms with Crippen molar-refractivity contribution in [2.45, 2.75) is 52.4 Å². The molecule has 2 N–H and O–H groups in total. The van der Waals surface area contributed by atoms with Gasteiger partial charge in [-0.05, 0) is 25.0 Å². The molecule has 0 fully saturated rings. The van der Waals surface area contributed by atoms with Gasteiger partial charge >= 0.3 is 5.97 Å². The van der Waals surface area contributed by atoms with Crippen molar-refractivity contribution in [2.24, 2.45) is 0 Å². The topological polar surface area (TPSA) is 113 Å². The van der Waals surface area contributed by atoms with E-state index in [0.29, 0.717) is 18.0 Å². The van der Waals surface area contributed by atoms with E-state index in [1.54, 1.807) is 0 Å². The van der Waals surface area contributed by atoms with Gasteiger partial charge in [0, 0.05) is 19.9 Å². The Morgan fingerprint density at radius 2 is 1.75 bits per heavy atom. The Morgan fingerprint density at radius 1 is 1.07 bits per heavy atom. The molecule has 0 saturated heterocycles. The minimum absolute atomic E-state index is 0.0291. The SMILES string of the molecule is CCCCCCOc1cc2c(cc1NC(C)=O)C(=O)N(CCCC(=O)O)C2=O. The highest BCUT2D eigenvalue weighted by Gasteiger charge is 2.36. The van der Waals surface area contributed by atoms with E-state index in [4.69, 9.17) is 9.84 Å². The molecule has 0 saturated carbocycles. The average molecular weight is 390 g/mol. The van der Waals surface area contributed by atoms with Gasteiger partial charge in [0.15, 0.2) is 0 Å². The third kappa shape index (κ3) is 5.31. The highest BCUT2D eigenvalue weighted by atomic mass is 16.5. The molecular formula is C20H26N2O6. The van der Waals surface area contributed by atoms with E-state index in [2.05, 4.69) is 12.2 Å². The van der Waals surface area contributed by atoms with Gasteiger partial charge in [-0.25, -0.2) is 0 Å². The summed E-state index contributed by atoms with van der Waals surface area (Å²) >= 11 is 0. The fraction of sp³-hybridized carbons (Fsp3) is 0.500. The summed E-state index contributed by atoms with van der Waals surface area (Å²) in [5, 5.41) is 11.4. The van der Waals surface area contributed by atoms with Gasteiger partial charge in [-0.1, -0.05) is 26.2 Å². The number of rotatable bonds is 11. The van der Waals surface area contributed by atoms with Crippen molar-refractivity contribution in [1.82, 2.24) is 4.90 Å². The molecule has 0 aromatic heterocycles. The predicted molar refractivity (Wildman–Crippen MR) is 103 cm³/mol. The van der Waals surface area contributed by atoms with Crippen molar-refractivity contribution in [3.8, 4) is 5.75 Å². The summed E-state index contributed by atoms with van der Waals surface area (Å²) in [6, 6.07) is 2.94. The number of anilines is 1. The number of ether oxygens (including phenoxy) is 1. The molecule has 28 heavy (non-hydrogen) atoms. The Morgan fingerprint density at radius 3 is 2.36 bits per heavy atom. The zero-order valence-electron chi connectivity index (χ0n) is 16.2. The van der Waals surface area contributed by atoms with E-state index in [9.17, 15) is 19.2 Å². The Kier molecular flexibility index (Phi) is 7.54. The number of imide groups is 1. The first-order valence-electron chi connectivity index (χ1n) is 9.51. The number of carbonyl (C=O) groups is 4. The number of nitrogens with one attached hydrogen (secondary N) is 1. The van der Waals surface area contributed by atoms with E-state index in [0.717, 1.165) is 30.6 Å². The van der Waals surface area contributed by atoms with Gasteiger partial charge in [0.1, 0.15) is 5.75 Å². The van der Waals surface area contributed by atoms with Crippen molar-refractivity contribution in [2.75, 3.05) is 18.5 Å². The number of hydrogen-bond acceptors (Lipinski definition) is 5. The Labute approximate surface area is 163 Å². The molecule has 8 nitrogen and oxygen atoms in total. The van der Waals surface area contributed by atoms with Crippen LogP contribution in [0.2, 0.25) is 0 Å². The molecule has 1 aromatic rings. The Balaban J connectivity index is 2.20. The van der Waals surface area contributed by atoms with Crippen LogP contribution in [0.4, 0.5) is 5.69 Å². The number of amides is 3. The van der Waals surface area contributed by atoms with Crippen molar-refractivity contribution < 1.29 is 29.0 Å². The summed E-state index contributed by atoms with van der Waals surface area (Å²) in [7, 11) is 0. The number of fused-ring (bicyclic) bond motifs is 1. The molecule has 0 unspecified atom stereocenters. The van der Waals surface area contributed by atoms with Crippen LogP contribution in [0.1, 0.15) is 73.1 Å². The number of carbonyl (C=O) groups excluding carboxylic acids is 3. The quantitative estimate of drug-likeness (QED) is 0.443. The van der Waals surface area contributed by atoms with E-state index in [1.165, 1.54) is 19.1 Å². The van der Waals surface area contributed by atoms with Gasteiger partial charge in [0.25, 0.3) is 11.8 Å². The highest BCUT2D eigenvalue weighted by Crippen LogP contribution is 2.34. The number of carboxylic acid groups (broad SMARTS) is 1. The summed E-state index contributed by atoms with van der Waals surface area (Å²) in [5.74, 6) is -1.92. The second-order valence-corrected chi connectivity index (χ2v) is 6.74. The van der Waals surface area contributed by atoms with Crippen molar-refractivity contribution >= 4 is 29.4 Å². The smallest absolute Gasteiger partial charge is 0.303 e. The summed E-state index contributed by atoms with van der Waals surface area (Å²) in [6.07, 6.45) is 4.12. The van der Waals surface area contributed by atoms with Gasteiger partial charge < -0.3 is 15.2 Å². The molecule has 3 amide bonds. The van der Waals surface area contributed by atoms with Gasteiger partial charge in [-0.3, -0.25) is 24.1 Å². The predicted octanol–water partition coefficient (Wildman–Crippen LogP) is 3.06. The minimum atomic E-state index is -0.983. The van der Waals surface area contributed by atoms with Crippen LogP contribution in [-0.4, -0.2) is 46.8 Å². The van der Waals surface area contributed by atoms with Crippen molar-refractivity contribution in [3.05, 3.63) is 23.3 Å². The zero-order chi connectivity index (χ0) is 20.7. The van der Waals surface area contributed by atoms with Crippen LogP contribution < -0.4 is 10.1 Å². The molecule has 152 valence electrons. The molecule has 1 heterocycles. The first kappa shape index (κ1) is 21.4. The number of nitrogens with zero attached hydrogens (tertiary/aromatic N) is 1. The standard InChI is InChI=1S/C20H26N2O6/c1-3-4-5-6-10-28-17-12-15-14(11-16(17)21-13(2)23)19(26)22(20(15)27)9-7-8-18(24)25/h11-12H,3-10H2,1-2H3,(H,21,23)(H,24,25). The Hall–Kier alpha value is -2.90. The Bertz CT molecular complexity index is 774. The number of aliphatic carboxylic acids is 1. The third-order valence-corrected chi connectivity index (χ3v) is 4.41. The molecule has 8 heteroatoms. The molecule has 0 aliphatic carbocycles. The maximum Gasteiger partial charge on any atom is 0.303 e. The lowest BCUT2D eigenvalue weighted by Crippen LogP contribution is -2.31. The maximum absolute atomic E-state index is 12.6. The van der Waals surface area contributed by atoms with Gasteiger partial charge in [-0.2, -0.15) is 0 Å². The number of benzene rings is 1. The lowest BCUT2D eigenvalue weighted by atomic mass is 10.1. The fourth-order valence-corrected chi connectivity index (χ4v) is 3.03. The fourth-order valence-electron chi connectivity index (χ4n) is 3.03. The van der Waals surface area contributed by atoms with Crippen LogP contribution in [0.5, 0.6) is 5.75 Å². The van der Waals surface area contributed by atoms with Crippen molar-refractivity contribution in [1.29, 1.82) is 0 Å². The third-order valence-electron chi connectivity index (χ3n) is 4.41. The number of hydrogen-bond donors (Lipinski definition) is 2. The summed E-state index contributed by atoms with van der Waals surface area (Å²) in [5.41, 5.74) is 0.732. The summed E-state index contributed by atoms with van der Waals surface area (Å²) < 4.78 is 5.77. The van der Waals surface area contributed by atoms with E-state index >= 15 is 0 Å². The maximum atomic E-state index is 12.6. The van der Waals surface area contributed by atoms with Gasteiger partial charge in [0.2, 0.25) is 5.91 Å². The largest absolute Gasteiger partial charge is 0.491 e. The summed E-state index contributed by atoms with van der Waals surface area (Å²) in [6.45, 7) is 3.93. The number of carboxylic acids is 1. The molecule has 0 bridgehead atoms. The lowest BCUT2D eigenvalue weighted by Gasteiger charge is -2.13. The van der Waals surface area contributed by atoms with Crippen LogP contribution >= 0.6 is 0 Å². The molecule has 0 spiro atoms. The molecular weight excluding hydrogens is 364 g/mol. The van der Waals surface area contributed by atoms with Gasteiger partial charge in [0.05, 0.1) is 23.4 Å². The van der Waals surface area contributed by atoms with Crippen LogP contribution in [0, 0.1) is 0 Å². The number of unbranched alkanes of at least 4 members (excludes halogenated alkanes) is 3. The normalized spacial score (nSPS) is 12.9. The van der Waals surface area contributed by atoms with Gasteiger partial charge in [-0.15, -0.1) is 0 Å². The minimum Gasteiger partial charge on any atom is -0.491 e. The lowest BCUT2D eigenvalue weighted by molar-refractivity contribution is -0.137. The first-order valence-corrected chi connectivity index (χ1v) is 9.51. The molecule has 1 aliphatic rings. The average Bonchev–Trinajstić information content (AvgIpc) is 2.85. The monoisotopic (exact) mass is 390 g/mol. The van der Waals surface area contributed by atoms with Crippen LogP contribution in [0.25, 0.3) is 0 Å². The second kappa shape index (κ2) is 9.87. The molecule has 1 aliphatic heterocycles. The molecule has 0 atom stereocenters. The molecule has 0 radical (unpaired) electrons. The van der Waals surface area contributed by atoms with E-state index in [1.807, 2.05) is 0 Å². The zero-order valence-corrected chi connectivity index (χ0v) is 16.2. The molecule has 1 aromatic carbocycles. The van der Waals surface area contributed by atoms with E-state index in [-0.39, 0.29) is 36.4 Å².